The predicted molar refractivity (Wildman–Crippen MR) is 56.7 cm³/mol. The summed E-state index contributed by atoms with van der Waals surface area (Å²) in [6.07, 6.45) is 1.70. The van der Waals surface area contributed by atoms with Crippen LogP contribution in [0.4, 0.5) is 0 Å². The first-order chi connectivity index (χ1) is 7.08. The summed E-state index contributed by atoms with van der Waals surface area (Å²) >= 11 is 0. The fourth-order valence-electron chi connectivity index (χ4n) is 1.31. The molecule has 15 heavy (non-hydrogen) atoms. The third-order valence-electron chi connectivity index (χ3n) is 2.15. The molecule has 0 fully saturated rings. The number of carbonyl (C=O) groups excluding carboxylic acids is 1. The number of hydrogen-bond acceptors (Lipinski definition) is 3. The number of aliphatic hydroxyl groups excluding tert-OH is 1. The van der Waals surface area contributed by atoms with Crippen LogP contribution in [0, 0.1) is 6.92 Å². The van der Waals surface area contributed by atoms with Crippen LogP contribution < -0.4 is 0 Å². The van der Waals surface area contributed by atoms with Gasteiger partial charge < -0.3 is 14.4 Å². The summed E-state index contributed by atoms with van der Waals surface area (Å²) in [5.41, 5.74) is 2.15. The average Bonchev–Trinajstić information content (AvgIpc) is 2.59. The van der Waals surface area contributed by atoms with Gasteiger partial charge >= 0.3 is 5.97 Å². The highest BCUT2D eigenvalue weighted by molar-refractivity contribution is 5.89. The molecule has 0 spiro atoms. The van der Waals surface area contributed by atoms with Crippen LogP contribution in [0.25, 0.3) is 0 Å². The number of aryl methyl sites for hydroxylation is 1. The van der Waals surface area contributed by atoms with Gasteiger partial charge in [0.25, 0.3) is 0 Å². The lowest BCUT2D eigenvalue weighted by molar-refractivity contribution is 0.0600. The summed E-state index contributed by atoms with van der Waals surface area (Å²) in [5, 5.41) is 8.84. The van der Waals surface area contributed by atoms with Crippen molar-refractivity contribution >= 4 is 5.97 Å². The van der Waals surface area contributed by atoms with Crippen LogP contribution in [0.2, 0.25) is 0 Å². The molecule has 1 rings (SSSR count). The number of hydrogen-bond donors (Lipinski definition) is 1. The highest BCUT2D eigenvalue weighted by Crippen LogP contribution is 2.10. The third kappa shape index (κ3) is 2.70. The highest BCUT2D eigenvalue weighted by atomic mass is 16.5. The van der Waals surface area contributed by atoms with Gasteiger partial charge in [0.15, 0.2) is 0 Å². The van der Waals surface area contributed by atoms with Crippen LogP contribution >= 0.6 is 0 Å². The number of methoxy groups -OCH3 is 1. The number of ether oxygens (including phenoxy) is 1. The van der Waals surface area contributed by atoms with Gasteiger partial charge in [0.05, 0.1) is 19.3 Å². The van der Waals surface area contributed by atoms with E-state index in [1.54, 1.807) is 12.3 Å². The number of aromatic nitrogens is 1. The van der Waals surface area contributed by atoms with E-state index >= 15 is 0 Å². The van der Waals surface area contributed by atoms with Gasteiger partial charge in [-0.2, -0.15) is 0 Å². The summed E-state index contributed by atoms with van der Waals surface area (Å²) in [5.74, 6) is -0.355. The molecule has 82 valence electrons. The van der Waals surface area contributed by atoms with E-state index in [9.17, 15) is 4.79 Å². The lowest BCUT2D eigenvalue weighted by atomic mass is 10.3. The smallest absolute Gasteiger partial charge is 0.339 e. The summed E-state index contributed by atoms with van der Waals surface area (Å²) in [7, 11) is 1.35. The van der Waals surface area contributed by atoms with Crippen molar-refractivity contribution in [1.82, 2.24) is 4.57 Å². The van der Waals surface area contributed by atoms with Crippen LogP contribution in [0.1, 0.15) is 16.1 Å². The zero-order chi connectivity index (χ0) is 11.4. The minimum atomic E-state index is -0.355. The Bertz CT molecular complexity index is 379. The van der Waals surface area contributed by atoms with E-state index in [-0.39, 0.29) is 12.6 Å². The lowest BCUT2D eigenvalue weighted by Gasteiger charge is -2.05. The van der Waals surface area contributed by atoms with E-state index < -0.39 is 0 Å². The van der Waals surface area contributed by atoms with Crippen LogP contribution in [0.15, 0.2) is 24.4 Å². The van der Waals surface area contributed by atoms with Gasteiger partial charge in [-0.25, -0.2) is 4.79 Å². The molecule has 0 radical (unpaired) electrons. The molecule has 1 heterocycles. The Hall–Kier alpha value is -1.55. The quantitative estimate of drug-likeness (QED) is 0.597. The van der Waals surface area contributed by atoms with Crippen LogP contribution in [0.3, 0.4) is 0 Å². The molecule has 0 bridgehead atoms. The Morgan fingerprint density at radius 3 is 2.87 bits per heavy atom. The number of esters is 1. The molecular weight excluding hydrogens is 194 g/mol. The van der Waals surface area contributed by atoms with Crippen LogP contribution in [0.5, 0.6) is 0 Å². The fourth-order valence-corrected chi connectivity index (χ4v) is 1.31. The maximum absolute atomic E-state index is 11.2. The van der Waals surface area contributed by atoms with Crippen molar-refractivity contribution in [3.63, 3.8) is 0 Å². The highest BCUT2D eigenvalue weighted by Gasteiger charge is 2.10. The summed E-state index contributed by atoms with van der Waals surface area (Å²) < 4.78 is 6.46. The van der Waals surface area contributed by atoms with Crippen molar-refractivity contribution in [3.05, 3.63) is 35.7 Å². The van der Waals surface area contributed by atoms with Gasteiger partial charge in [-0.1, -0.05) is 6.58 Å². The van der Waals surface area contributed by atoms with E-state index in [2.05, 4.69) is 11.3 Å². The van der Waals surface area contributed by atoms with E-state index in [0.717, 1.165) is 5.69 Å². The Kier molecular flexibility index (Phi) is 3.68. The lowest BCUT2D eigenvalue weighted by Crippen LogP contribution is -2.04. The normalized spacial score (nSPS) is 10.1. The predicted octanol–water partition coefficient (Wildman–Crippen LogP) is 1.13. The van der Waals surface area contributed by atoms with E-state index in [1.807, 2.05) is 11.5 Å². The van der Waals surface area contributed by atoms with Gasteiger partial charge in [-0.3, -0.25) is 0 Å². The molecule has 0 saturated carbocycles. The zero-order valence-electron chi connectivity index (χ0n) is 8.99. The van der Waals surface area contributed by atoms with Crippen molar-refractivity contribution < 1.29 is 14.6 Å². The van der Waals surface area contributed by atoms with Gasteiger partial charge in [0.1, 0.15) is 0 Å². The molecule has 4 heteroatoms. The van der Waals surface area contributed by atoms with Crippen molar-refractivity contribution in [1.29, 1.82) is 0 Å². The summed E-state index contributed by atoms with van der Waals surface area (Å²) in [6, 6.07) is 1.75. The second kappa shape index (κ2) is 4.79. The molecule has 0 aliphatic rings. The number of carbonyl (C=O) groups is 1. The Morgan fingerprint density at radius 2 is 2.33 bits per heavy atom. The minimum Gasteiger partial charge on any atom is -0.465 e. The summed E-state index contributed by atoms with van der Waals surface area (Å²) in [4.78, 5) is 11.2. The van der Waals surface area contributed by atoms with Gasteiger partial charge in [0.2, 0.25) is 0 Å². The average molecular weight is 209 g/mol. The van der Waals surface area contributed by atoms with Gasteiger partial charge in [-0.05, 0) is 18.6 Å². The molecule has 1 aromatic heterocycles. The summed E-state index contributed by atoms with van der Waals surface area (Å²) in [6.45, 7) is 6.05. The molecule has 0 amide bonds. The van der Waals surface area contributed by atoms with Gasteiger partial charge in [0, 0.05) is 18.4 Å². The van der Waals surface area contributed by atoms with Crippen molar-refractivity contribution in [2.45, 2.75) is 13.5 Å². The van der Waals surface area contributed by atoms with Crippen LogP contribution in [-0.2, 0) is 11.3 Å². The van der Waals surface area contributed by atoms with Crippen molar-refractivity contribution in [2.75, 3.05) is 13.7 Å². The number of nitrogens with zero attached hydrogens (tertiary/aromatic N) is 1. The monoisotopic (exact) mass is 209 g/mol. The number of rotatable bonds is 4. The third-order valence-corrected chi connectivity index (χ3v) is 2.15. The fraction of sp³-hybridized carbons (Fsp3) is 0.364. The molecule has 0 saturated heterocycles. The second-order valence-corrected chi connectivity index (χ2v) is 3.40. The molecule has 1 aromatic rings. The Balaban J connectivity index is 2.86. The Morgan fingerprint density at radius 1 is 1.67 bits per heavy atom. The Labute approximate surface area is 88.8 Å². The van der Waals surface area contributed by atoms with Gasteiger partial charge in [-0.15, -0.1) is 0 Å². The molecule has 0 aliphatic heterocycles. The molecule has 4 nitrogen and oxygen atoms in total. The molecule has 0 atom stereocenters. The first-order valence-electron chi connectivity index (χ1n) is 4.61. The molecule has 1 N–H and O–H groups in total. The number of aliphatic hydroxyl groups is 1. The zero-order valence-corrected chi connectivity index (χ0v) is 8.99. The topological polar surface area (TPSA) is 51.5 Å². The first-order valence-corrected chi connectivity index (χ1v) is 4.61. The SMILES string of the molecule is C=C(CO)Cn1cc(C(=O)OC)cc1C. The molecule has 0 aromatic carbocycles. The van der Waals surface area contributed by atoms with Crippen molar-refractivity contribution in [3.8, 4) is 0 Å². The standard InChI is InChI=1S/C11H15NO3/c1-8(7-13)5-12-6-10(4-9(12)2)11(14)15-3/h4,6,13H,1,5,7H2,2-3H3. The van der Waals surface area contributed by atoms with E-state index in [1.165, 1.54) is 7.11 Å². The van der Waals surface area contributed by atoms with Crippen LogP contribution in [-0.4, -0.2) is 29.4 Å². The van der Waals surface area contributed by atoms with E-state index in [4.69, 9.17) is 5.11 Å². The second-order valence-electron chi connectivity index (χ2n) is 3.40. The largest absolute Gasteiger partial charge is 0.465 e. The maximum Gasteiger partial charge on any atom is 0.339 e. The minimum absolute atomic E-state index is 0.0504. The maximum atomic E-state index is 11.2. The van der Waals surface area contributed by atoms with Crippen molar-refractivity contribution in [2.24, 2.45) is 0 Å². The molecule has 0 unspecified atom stereocenters. The molecular formula is C11H15NO3. The molecule has 0 aliphatic carbocycles. The first kappa shape index (κ1) is 11.5. The van der Waals surface area contributed by atoms with E-state index in [0.29, 0.717) is 17.7 Å².